The van der Waals surface area contributed by atoms with E-state index in [0.717, 1.165) is 5.56 Å². The van der Waals surface area contributed by atoms with E-state index in [2.05, 4.69) is 25.9 Å². The Morgan fingerprint density at radius 3 is 2.46 bits per heavy atom. The van der Waals surface area contributed by atoms with Crippen LogP contribution in [0.25, 0.3) is 0 Å². The van der Waals surface area contributed by atoms with Crippen molar-refractivity contribution in [2.24, 2.45) is 0 Å². The first-order valence-electron chi connectivity index (χ1n) is 8.55. The molecule has 1 aromatic heterocycles. The van der Waals surface area contributed by atoms with Crippen molar-refractivity contribution in [3.8, 4) is 17.2 Å². The van der Waals surface area contributed by atoms with Crippen LogP contribution in [0.4, 0.5) is 5.69 Å². The summed E-state index contributed by atoms with van der Waals surface area (Å²) in [5.41, 5.74) is 1.34. The molecular formula is C19H21N5O4. The molecule has 0 saturated heterocycles. The number of hydrogen-bond donors (Lipinski definition) is 2. The van der Waals surface area contributed by atoms with Crippen molar-refractivity contribution < 1.29 is 19.0 Å². The number of nitrogens with one attached hydrogen (secondary N) is 2. The number of methoxy groups -OCH3 is 3. The van der Waals surface area contributed by atoms with E-state index in [0.29, 0.717) is 29.4 Å². The molecule has 0 aliphatic carbocycles. The number of nitrogens with zero attached hydrogens (tertiary/aromatic N) is 3. The predicted octanol–water partition coefficient (Wildman–Crippen LogP) is 2.19. The van der Waals surface area contributed by atoms with Crippen molar-refractivity contribution >= 4 is 11.6 Å². The summed E-state index contributed by atoms with van der Waals surface area (Å²) in [6, 6.07) is 12.7. The number of carbonyl (C=O) groups is 1. The molecule has 3 rings (SSSR count). The molecule has 9 nitrogen and oxygen atoms in total. The summed E-state index contributed by atoms with van der Waals surface area (Å²) in [4.78, 5) is 13.1. The van der Waals surface area contributed by atoms with Crippen molar-refractivity contribution in [3.63, 3.8) is 0 Å². The number of hydrogen-bond acceptors (Lipinski definition) is 7. The molecule has 28 heavy (non-hydrogen) atoms. The predicted molar refractivity (Wildman–Crippen MR) is 102 cm³/mol. The highest BCUT2D eigenvalue weighted by Gasteiger charge is 2.28. The molecule has 2 N–H and O–H groups in total. The molecule has 0 radical (unpaired) electrons. The third-order valence-electron chi connectivity index (χ3n) is 4.26. The summed E-state index contributed by atoms with van der Waals surface area (Å²) in [6.07, 6.45) is 0.293. The molecule has 0 aliphatic rings. The Kier molecular flexibility index (Phi) is 6.05. The summed E-state index contributed by atoms with van der Waals surface area (Å²) in [5.74, 6) is 0.972. The molecule has 0 fully saturated rings. The zero-order chi connectivity index (χ0) is 19.9. The average molecular weight is 383 g/mol. The Balaban J connectivity index is 1.92. The van der Waals surface area contributed by atoms with Gasteiger partial charge in [0, 0.05) is 0 Å². The molecule has 1 atom stereocenters. The van der Waals surface area contributed by atoms with Crippen LogP contribution >= 0.6 is 0 Å². The second-order valence-corrected chi connectivity index (χ2v) is 5.87. The Labute approximate surface area is 162 Å². The minimum Gasteiger partial charge on any atom is -0.495 e. The van der Waals surface area contributed by atoms with Crippen molar-refractivity contribution in [1.82, 2.24) is 20.6 Å². The van der Waals surface area contributed by atoms with E-state index in [4.69, 9.17) is 14.2 Å². The number of aromatic nitrogens is 4. The molecule has 9 heteroatoms. The lowest BCUT2D eigenvalue weighted by Crippen LogP contribution is -2.24. The highest BCUT2D eigenvalue weighted by atomic mass is 16.5. The van der Waals surface area contributed by atoms with Gasteiger partial charge >= 0.3 is 0 Å². The summed E-state index contributed by atoms with van der Waals surface area (Å²) in [6.45, 7) is 0. The smallest absolute Gasteiger partial charge is 0.235 e. The van der Waals surface area contributed by atoms with Crippen LogP contribution in [0.2, 0.25) is 0 Å². The van der Waals surface area contributed by atoms with Crippen LogP contribution in [-0.4, -0.2) is 47.9 Å². The zero-order valence-electron chi connectivity index (χ0n) is 15.8. The molecule has 3 aromatic rings. The molecular weight excluding hydrogens is 362 g/mol. The van der Waals surface area contributed by atoms with Gasteiger partial charge in [-0.1, -0.05) is 29.5 Å². The van der Waals surface area contributed by atoms with Crippen LogP contribution < -0.4 is 19.5 Å². The maximum absolute atomic E-state index is 13.1. The third-order valence-corrected chi connectivity index (χ3v) is 4.26. The fourth-order valence-corrected chi connectivity index (χ4v) is 2.92. The van der Waals surface area contributed by atoms with Crippen molar-refractivity contribution in [3.05, 3.63) is 53.9 Å². The van der Waals surface area contributed by atoms with Crippen LogP contribution in [0.15, 0.2) is 42.5 Å². The number of amides is 1. The van der Waals surface area contributed by atoms with Crippen LogP contribution in [0, 0.1) is 0 Å². The van der Waals surface area contributed by atoms with Crippen LogP contribution in [0.3, 0.4) is 0 Å². The molecule has 2 aromatic carbocycles. The van der Waals surface area contributed by atoms with Crippen molar-refractivity contribution in [2.75, 3.05) is 26.6 Å². The summed E-state index contributed by atoms with van der Waals surface area (Å²) >= 11 is 0. The first-order chi connectivity index (χ1) is 13.7. The second kappa shape index (κ2) is 8.85. The van der Waals surface area contributed by atoms with Crippen LogP contribution in [0.1, 0.15) is 17.3 Å². The third kappa shape index (κ3) is 4.03. The normalized spacial score (nSPS) is 11.5. The minimum atomic E-state index is -0.704. The van der Waals surface area contributed by atoms with E-state index in [-0.39, 0.29) is 11.7 Å². The van der Waals surface area contributed by atoms with E-state index < -0.39 is 5.92 Å². The highest BCUT2D eigenvalue weighted by Crippen LogP contribution is 2.34. The van der Waals surface area contributed by atoms with E-state index in [1.165, 1.54) is 0 Å². The number of benzene rings is 2. The van der Waals surface area contributed by atoms with Gasteiger partial charge in [-0.25, -0.2) is 0 Å². The quantitative estimate of drug-likeness (QED) is 0.613. The Morgan fingerprint density at radius 2 is 1.79 bits per heavy atom. The van der Waals surface area contributed by atoms with Gasteiger partial charge in [0.2, 0.25) is 5.91 Å². The average Bonchev–Trinajstić information content (AvgIpc) is 3.26. The Bertz CT molecular complexity index is 930. The van der Waals surface area contributed by atoms with Gasteiger partial charge in [-0.3, -0.25) is 4.79 Å². The lowest BCUT2D eigenvalue weighted by atomic mass is 9.96. The van der Waals surface area contributed by atoms with E-state index >= 15 is 0 Å². The number of rotatable bonds is 8. The highest BCUT2D eigenvalue weighted by molar-refractivity contribution is 5.96. The molecule has 1 unspecified atom stereocenters. The summed E-state index contributed by atoms with van der Waals surface area (Å²) in [5, 5.41) is 16.9. The minimum absolute atomic E-state index is 0.275. The maximum Gasteiger partial charge on any atom is 0.235 e. The Morgan fingerprint density at radius 1 is 1.04 bits per heavy atom. The molecule has 1 heterocycles. The maximum atomic E-state index is 13.1. The number of para-hydroxylation sites is 3. The first-order valence-corrected chi connectivity index (χ1v) is 8.55. The van der Waals surface area contributed by atoms with Gasteiger partial charge in [0.1, 0.15) is 11.7 Å². The number of H-pyrrole nitrogens is 1. The van der Waals surface area contributed by atoms with Gasteiger partial charge in [-0.15, -0.1) is 10.2 Å². The number of aromatic amines is 1. The van der Waals surface area contributed by atoms with Gasteiger partial charge < -0.3 is 19.5 Å². The molecule has 0 aliphatic heterocycles. The van der Waals surface area contributed by atoms with Gasteiger partial charge in [-0.2, -0.15) is 5.21 Å². The molecule has 0 bridgehead atoms. The Hall–Kier alpha value is -3.62. The van der Waals surface area contributed by atoms with E-state index in [1.54, 1.807) is 39.5 Å². The monoisotopic (exact) mass is 383 g/mol. The molecule has 146 valence electrons. The lowest BCUT2D eigenvalue weighted by molar-refractivity contribution is -0.117. The van der Waals surface area contributed by atoms with Gasteiger partial charge in [0.25, 0.3) is 0 Å². The first kappa shape index (κ1) is 19.2. The largest absolute Gasteiger partial charge is 0.495 e. The van der Waals surface area contributed by atoms with Crippen molar-refractivity contribution in [1.29, 1.82) is 0 Å². The van der Waals surface area contributed by atoms with Gasteiger partial charge in [0.05, 0.1) is 27.0 Å². The van der Waals surface area contributed by atoms with Crippen LogP contribution in [-0.2, 0) is 11.2 Å². The fraction of sp³-hybridized carbons (Fsp3) is 0.263. The van der Waals surface area contributed by atoms with Crippen LogP contribution in [0.5, 0.6) is 17.2 Å². The number of ether oxygens (including phenoxy) is 3. The summed E-state index contributed by atoms with van der Waals surface area (Å²) < 4.78 is 16.1. The summed E-state index contributed by atoms with van der Waals surface area (Å²) in [7, 11) is 4.66. The number of anilines is 1. The topological polar surface area (TPSA) is 111 Å². The van der Waals surface area contributed by atoms with E-state index in [1.807, 2.05) is 24.3 Å². The van der Waals surface area contributed by atoms with Gasteiger partial charge in [-0.05, 0) is 30.2 Å². The fourth-order valence-electron chi connectivity index (χ4n) is 2.92. The van der Waals surface area contributed by atoms with E-state index in [9.17, 15) is 4.79 Å². The molecule has 0 saturated carbocycles. The second-order valence-electron chi connectivity index (χ2n) is 5.87. The SMILES string of the molecule is COc1ccccc1NC(=O)C(Cc1cccc(OC)c1OC)c1nn[nH]n1. The van der Waals surface area contributed by atoms with Gasteiger partial charge in [0.15, 0.2) is 17.3 Å². The molecule has 1 amide bonds. The standard InChI is InChI=1S/C19H21N5O4/c1-26-15-9-5-4-8-14(15)20-19(25)13(18-21-23-24-22-18)11-12-7-6-10-16(27-2)17(12)28-3/h4-10,13H,11H2,1-3H3,(H,20,25)(H,21,22,23,24). The zero-order valence-corrected chi connectivity index (χ0v) is 15.8. The molecule has 0 spiro atoms. The van der Waals surface area contributed by atoms with Crippen molar-refractivity contribution in [2.45, 2.75) is 12.3 Å². The number of tetrazole rings is 1. The number of carbonyl (C=O) groups excluding carboxylic acids is 1. The lowest BCUT2D eigenvalue weighted by Gasteiger charge is -2.18.